The monoisotopic (exact) mass is 221 g/mol. The minimum atomic E-state index is -4.94. The Hall–Kier alpha value is -0.645. The number of hydrogen-bond acceptors (Lipinski definition) is 1. The molecule has 0 saturated heterocycles. The summed E-state index contributed by atoms with van der Waals surface area (Å²) in [7, 11) is 0. The molecule has 0 aliphatic heterocycles. The van der Waals surface area contributed by atoms with Gasteiger partial charge in [-0.1, -0.05) is 6.07 Å². The number of nitrogens with zero attached hydrogens (tertiary/aromatic N) is 1. The Morgan fingerprint density at radius 2 is 1.86 bits per heavy atom. The zero-order chi connectivity index (χ0) is 10.9. The number of thiol groups is 1. The van der Waals surface area contributed by atoms with Crippen LogP contribution in [-0.4, -0.2) is 6.98 Å². The van der Waals surface area contributed by atoms with Crippen molar-refractivity contribution in [2.75, 3.05) is 0 Å². The number of halogens is 3. The second-order valence-electron chi connectivity index (χ2n) is 3.44. The largest absolute Gasteiger partial charge is 0.515 e. The molecule has 1 aromatic rings. The first-order chi connectivity index (χ1) is 6.30. The van der Waals surface area contributed by atoms with E-state index < -0.39 is 12.4 Å². The van der Waals surface area contributed by atoms with Crippen LogP contribution in [0.25, 0.3) is 0 Å². The summed E-state index contributed by atoms with van der Waals surface area (Å²) >= 11 is 3.94. The lowest BCUT2D eigenvalue weighted by molar-refractivity contribution is -0.717. The average Bonchev–Trinajstić information content (AvgIpc) is 2.01. The second-order valence-corrected chi connectivity index (χ2v) is 3.96. The van der Waals surface area contributed by atoms with Crippen molar-refractivity contribution in [3.63, 3.8) is 0 Å². The fraction of sp³-hybridized carbons (Fsp3) is 0.375. The normalized spacial score (nSPS) is 12.2. The summed E-state index contributed by atoms with van der Waals surface area (Å²) in [6.45, 7) is -1.30. The van der Waals surface area contributed by atoms with Gasteiger partial charge in [0.25, 0.3) is 0 Å². The van der Waals surface area contributed by atoms with E-state index in [9.17, 15) is 12.9 Å². The lowest BCUT2D eigenvalue weighted by Crippen LogP contribution is -2.45. The van der Waals surface area contributed by atoms with Gasteiger partial charge in [-0.05, 0) is 19.3 Å². The molecule has 0 unspecified atom stereocenters. The van der Waals surface area contributed by atoms with Crippen LogP contribution >= 0.6 is 12.6 Å². The lowest BCUT2D eigenvalue weighted by atomic mass is 9.81. The van der Waals surface area contributed by atoms with Crippen molar-refractivity contribution >= 4 is 25.1 Å². The molecule has 14 heavy (non-hydrogen) atoms. The van der Waals surface area contributed by atoms with Gasteiger partial charge in [0.05, 0.1) is 4.90 Å². The molecule has 0 N–H and O–H groups in total. The van der Waals surface area contributed by atoms with E-state index in [1.54, 1.807) is 6.20 Å². The highest BCUT2D eigenvalue weighted by Gasteiger charge is 2.29. The molecule has 0 aliphatic rings. The Bertz CT molecular complexity index is 338. The van der Waals surface area contributed by atoms with Crippen molar-refractivity contribution in [2.24, 2.45) is 0 Å². The molecule has 0 aliphatic carbocycles. The molecule has 1 heterocycles. The van der Waals surface area contributed by atoms with E-state index in [0.29, 0.717) is 4.90 Å². The predicted molar refractivity (Wildman–Crippen MR) is 53.0 cm³/mol. The van der Waals surface area contributed by atoms with Crippen molar-refractivity contribution in [3.05, 3.63) is 18.5 Å². The molecular formula is C8H11BF3NS. The highest BCUT2D eigenvalue weighted by molar-refractivity contribution is 7.80. The topological polar surface area (TPSA) is 3.88 Å². The highest BCUT2D eigenvalue weighted by atomic mass is 32.1. The Balaban J connectivity index is 3.21. The van der Waals surface area contributed by atoms with Gasteiger partial charge >= 0.3 is 6.98 Å². The van der Waals surface area contributed by atoms with Crippen molar-refractivity contribution < 1.29 is 17.5 Å². The third-order valence-corrected chi connectivity index (χ3v) is 2.11. The van der Waals surface area contributed by atoms with Crippen LogP contribution in [0.15, 0.2) is 23.4 Å². The summed E-state index contributed by atoms with van der Waals surface area (Å²) in [5.74, 6) is 0. The average molecular weight is 221 g/mol. The van der Waals surface area contributed by atoms with E-state index >= 15 is 0 Å². The van der Waals surface area contributed by atoms with Gasteiger partial charge in [0.1, 0.15) is 6.20 Å². The predicted octanol–water partition coefficient (Wildman–Crippen LogP) is 1.90. The second kappa shape index (κ2) is 3.84. The van der Waals surface area contributed by atoms with E-state index in [0.717, 1.165) is 12.3 Å². The molecule has 1 aromatic heterocycles. The Morgan fingerprint density at radius 1 is 1.29 bits per heavy atom. The van der Waals surface area contributed by atoms with Crippen molar-refractivity contribution in [3.8, 4) is 0 Å². The summed E-state index contributed by atoms with van der Waals surface area (Å²) in [5, 5.41) is 0. The number of aromatic nitrogens is 1. The molecule has 6 heteroatoms. The number of hydrogen-bond donors (Lipinski definition) is 1. The Morgan fingerprint density at radius 3 is 2.29 bits per heavy atom. The van der Waals surface area contributed by atoms with Crippen molar-refractivity contribution in [1.82, 2.24) is 0 Å². The van der Waals surface area contributed by atoms with Gasteiger partial charge in [0, 0.05) is 0 Å². The molecule has 0 saturated carbocycles. The fourth-order valence-electron chi connectivity index (χ4n) is 1.08. The first kappa shape index (κ1) is 11.4. The molecule has 0 spiro atoms. The first-order valence-corrected chi connectivity index (χ1v) is 4.70. The van der Waals surface area contributed by atoms with E-state index in [2.05, 4.69) is 12.6 Å². The molecule has 0 atom stereocenters. The maximum Gasteiger partial charge on any atom is 0.515 e. The van der Waals surface area contributed by atoms with Crippen LogP contribution in [0.2, 0.25) is 0 Å². The zero-order valence-electron chi connectivity index (χ0n) is 7.92. The maximum atomic E-state index is 12.4. The van der Waals surface area contributed by atoms with Gasteiger partial charge in [-0.3, -0.25) is 0 Å². The van der Waals surface area contributed by atoms with Gasteiger partial charge in [0.15, 0.2) is 12.2 Å². The fourth-order valence-corrected chi connectivity index (χ4v) is 1.37. The molecule has 1 nitrogen and oxygen atoms in total. The summed E-state index contributed by atoms with van der Waals surface area (Å²) in [6.07, 6.45) is 2.70. The van der Waals surface area contributed by atoms with Crippen LogP contribution in [0, 0.1) is 0 Å². The Kier molecular flexibility index (Phi) is 3.14. The van der Waals surface area contributed by atoms with Gasteiger partial charge in [-0.25, -0.2) is 4.57 Å². The molecule has 0 bridgehead atoms. The van der Waals surface area contributed by atoms with Crippen LogP contribution in [0.4, 0.5) is 12.9 Å². The standard InChI is InChI=1S/C8H11BF3NS/c1-6(2)13-4-7(9(10,11)12)3-8(14)5-13/h3-6,14H,1-2H3. The van der Waals surface area contributed by atoms with Gasteiger partial charge in [0.2, 0.25) is 0 Å². The maximum absolute atomic E-state index is 12.4. The van der Waals surface area contributed by atoms with Crippen LogP contribution in [0.1, 0.15) is 19.9 Å². The first-order valence-electron chi connectivity index (χ1n) is 4.25. The van der Waals surface area contributed by atoms with E-state index in [1.807, 2.05) is 13.8 Å². The summed E-state index contributed by atoms with van der Waals surface area (Å²) in [6, 6.07) is 1.04. The third kappa shape index (κ3) is 2.67. The molecule has 0 aromatic carbocycles. The smallest absolute Gasteiger partial charge is 0.445 e. The van der Waals surface area contributed by atoms with Crippen LogP contribution < -0.4 is 10.0 Å². The molecule has 0 amide bonds. The molecule has 0 fully saturated rings. The SMILES string of the molecule is CC(C)[n+]1cc(S)cc([B-](F)(F)F)c1. The quantitative estimate of drug-likeness (QED) is 0.441. The summed E-state index contributed by atoms with van der Waals surface area (Å²) in [5.41, 5.74) is -0.605. The van der Waals surface area contributed by atoms with Crippen molar-refractivity contribution in [1.29, 1.82) is 0 Å². The van der Waals surface area contributed by atoms with Gasteiger partial charge in [-0.15, -0.1) is 12.6 Å². The number of pyridine rings is 1. The summed E-state index contributed by atoms with van der Waals surface area (Å²) < 4.78 is 38.8. The van der Waals surface area contributed by atoms with Crippen LogP contribution in [-0.2, 0) is 0 Å². The van der Waals surface area contributed by atoms with Gasteiger partial charge < -0.3 is 12.9 Å². The zero-order valence-corrected chi connectivity index (χ0v) is 8.81. The number of rotatable bonds is 2. The van der Waals surface area contributed by atoms with E-state index in [1.165, 1.54) is 4.57 Å². The minimum absolute atomic E-state index is 0.000926. The molecule has 0 radical (unpaired) electrons. The third-order valence-electron chi connectivity index (χ3n) is 1.87. The minimum Gasteiger partial charge on any atom is -0.445 e. The van der Waals surface area contributed by atoms with Crippen molar-refractivity contribution in [2.45, 2.75) is 24.8 Å². The summed E-state index contributed by atoms with van der Waals surface area (Å²) in [4.78, 5) is 0.329. The Labute approximate surface area is 86.4 Å². The molecule has 78 valence electrons. The highest BCUT2D eigenvalue weighted by Crippen LogP contribution is 2.10. The molecule has 1 rings (SSSR count). The van der Waals surface area contributed by atoms with Gasteiger partial charge in [-0.2, -0.15) is 0 Å². The van der Waals surface area contributed by atoms with Crippen LogP contribution in [0.3, 0.4) is 0 Å². The van der Waals surface area contributed by atoms with E-state index in [4.69, 9.17) is 0 Å². The van der Waals surface area contributed by atoms with Crippen LogP contribution in [0.5, 0.6) is 0 Å². The van der Waals surface area contributed by atoms with E-state index in [-0.39, 0.29) is 6.04 Å². The lowest BCUT2D eigenvalue weighted by Gasteiger charge is -2.14. The molecular weight excluding hydrogens is 210 g/mol.